The molecule has 5 nitrogen and oxygen atoms in total. The smallest absolute Gasteiger partial charge is 0.113 e. The Bertz CT molecular complexity index is 450. The molecular weight excluding hydrogens is 300 g/mol. The molecule has 0 saturated carbocycles. The van der Waals surface area contributed by atoms with Gasteiger partial charge in [0.1, 0.15) is 5.01 Å². The molecule has 1 aromatic heterocycles. The lowest BCUT2D eigenvalue weighted by molar-refractivity contribution is -0.0177. The van der Waals surface area contributed by atoms with Gasteiger partial charge in [-0.15, -0.1) is 11.3 Å². The van der Waals surface area contributed by atoms with Crippen LogP contribution in [0, 0.1) is 13.8 Å². The molecule has 0 aliphatic carbocycles. The molecule has 0 aromatic carbocycles. The van der Waals surface area contributed by atoms with E-state index in [0.717, 1.165) is 30.2 Å². The number of ether oxygens (including phenoxy) is 2. The van der Waals surface area contributed by atoms with Gasteiger partial charge in [-0.1, -0.05) is 0 Å². The largest absolute Gasteiger partial charge is 0.389 e. The van der Waals surface area contributed by atoms with Gasteiger partial charge >= 0.3 is 0 Å². The molecule has 1 aliphatic rings. The molecule has 1 saturated heterocycles. The van der Waals surface area contributed by atoms with E-state index < -0.39 is 6.10 Å². The average molecular weight is 328 g/mol. The van der Waals surface area contributed by atoms with Crippen molar-refractivity contribution < 1.29 is 14.6 Å². The molecule has 2 atom stereocenters. The number of hydrogen-bond donors (Lipinski definition) is 2. The summed E-state index contributed by atoms with van der Waals surface area (Å²) < 4.78 is 11.0. The van der Waals surface area contributed by atoms with E-state index in [1.807, 2.05) is 6.92 Å². The predicted octanol–water partition coefficient (Wildman–Crippen LogP) is 2.14. The van der Waals surface area contributed by atoms with E-state index in [0.29, 0.717) is 19.8 Å². The molecule has 0 spiro atoms. The first-order chi connectivity index (χ1) is 10.4. The van der Waals surface area contributed by atoms with Crippen molar-refractivity contribution in [2.75, 3.05) is 26.4 Å². The Balaban J connectivity index is 1.71. The number of nitrogens with zero attached hydrogens (tertiary/aromatic N) is 1. The van der Waals surface area contributed by atoms with Crippen LogP contribution in [0.2, 0.25) is 0 Å². The lowest BCUT2D eigenvalue weighted by Crippen LogP contribution is -2.42. The maximum absolute atomic E-state index is 10.0. The van der Waals surface area contributed by atoms with Crippen molar-refractivity contribution in [1.29, 1.82) is 0 Å². The Labute approximate surface area is 137 Å². The maximum atomic E-state index is 10.0. The fourth-order valence-electron chi connectivity index (χ4n) is 2.36. The topological polar surface area (TPSA) is 63.6 Å². The number of aromatic nitrogens is 1. The number of thiazole rings is 1. The van der Waals surface area contributed by atoms with Crippen LogP contribution in [0.5, 0.6) is 0 Å². The van der Waals surface area contributed by atoms with E-state index in [4.69, 9.17) is 9.47 Å². The minimum absolute atomic E-state index is 0.206. The van der Waals surface area contributed by atoms with Crippen molar-refractivity contribution in [3.05, 3.63) is 15.6 Å². The highest BCUT2D eigenvalue weighted by Crippen LogP contribution is 2.27. The second kappa shape index (κ2) is 7.84. The molecule has 0 radical (unpaired) electrons. The molecule has 6 heteroatoms. The standard InChI is InChI=1S/C16H28N2O3S/c1-11-12(2)22-15(18-11)16(3,4)17-8-13(19)9-20-10-14-6-5-7-21-14/h13-14,17,19H,5-10H2,1-4H3. The Kier molecular flexibility index (Phi) is 6.35. The average Bonchev–Trinajstić information content (AvgIpc) is 3.08. The van der Waals surface area contributed by atoms with E-state index in [2.05, 4.69) is 31.1 Å². The summed E-state index contributed by atoms with van der Waals surface area (Å²) in [5.74, 6) is 0. The molecule has 1 fully saturated rings. The molecule has 126 valence electrons. The zero-order chi connectivity index (χ0) is 16.2. The van der Waals surface area contributed by atoms with Crippen LogP contribution in [0.15, 0.2) is 0 Å². The normalized spacial score (nSPS) is 20.5. The number of rotatable bonds is 8. The Hall–Kier alpha value is -0.530. The van der Waals surface area contributed by atoms with Crippen LogP contribution in [0.25, 0.3) is 0 Å². The Morgan fingerprint density at radius 1 is 1.50 bits per heavy atom. The monoisotopic (exact) mass is 328 g/mol. The van der Waals surface area contributed by atoms with Crippen LogP contribution in [0.4, 0.5) is 0 Å². The third-order valence-electron chi connectivity index (χ3n) is 3.98. The van der Waals surface area contributed by atoms with Gasteiger partial charge < -0.3 is 19.9 Å². The van der Waals surface area contributed by atoms with Crippen molar-refractivity contribution in [1.82, 2.24) is 10.3 Å². The molecule has 1 aromatic rings. The molecular formula is C16H28N2O3S. The summed E-state index contributed by atoms with van der Waals surface area (Å²) in [6.45, 7) is 10.5. The van der Waals surface area contributed by atoms with Crippen LogP contribution in [0.1, 0.15) is 42.3 Å². The van der Waals surface area contributed by atoms with Gasteiger partial charge in [0.15, 0.2) is 0 Å². The summed E-state index contributed by atoms with van der Waals surface area (Å²) in [7, 11) is 0. The number of nitrogens with one attached hydrogen (secondary N) is 1. The molecule has 1 aliphatic heterocycles. The summed E-state index contributed by atoms with van der Waals surface area (Å²) in [6.07, 6.45) is 1.85. The molecule has 2 rings (SSSR count). The van der Waals surface area contributed by atoms with E-state index in [1.54, 1.807) is 11.3 Å². The van der Waals surface area contributed by atoms with E-state index in [-0.39, 0.29) is 11.6 Å². The Morgan fingerprint density at radius 3 is 2.86 bits per heavy atom. The third-order valence-corrected chi connectivity index (χ3v) is 5.38. The van der Waals surface area contributed by atoms with E-state index in [9.17, 15) is 5.11 Å². The lowest BCUT2D eigenvalue weighted by Gasteiger charge is -2.25. The van der Waals surface area contributed by atoms with Crippen molar-refractivity contribution in [3.8, 4) is 0 Å². The van der Waals surface area contributed by atoms with Crippen LogP contribution in [-0.2, 0) is 15.0 Å². The van der Waals surface area contributed by atoms with Gasteiger partial charge in [0.2, 0.25) is 0 Å². The first-order valence-corrected chi connectivity index (χ1v) is 8.77. The predicted molar refractivity (Wildman–Crippen MR) is 88.4 cm³/mol. The number of hydrogen-bond acceptors (Lipinski definition) is 6. The van der Waals surface area contributed by atoms with E-state index in [1.165, 1.54) is 4.88 Å². The molecule has 22 heavy (non-hydrogen) atoms. The molecule has 2 N–H and O–H groups in total. The highest BCUT2D eigenvalue weighted by atomic mass is 32.1. The summed E-state index contributed by atoms with van der Waals surface area (Å²) in [5.41, 5.74) is 0.828. The van der Waals surface area contributed by atoms with Crippen LogP contribution < -0.4 is 5.32 Å². The van der Waals surface area contributed by atoms with Gasteiger partial charge in [0.05, 0.1) is 36.7 Å². The molecule has 2 unspecified atom stereocenters. The number of aliphatic hydroxyl groups excluding tert-OH is 1. The summed E-state index contributed by atoms with van der Waals surface area (Å²) in [5, 5.41) is 14.5. The van der Waals surface area contributed by atoms with Gasteiger partial charge in [-0.2, -0.15) is 0 Å². The molecule has 0 bridgehead atoms. The lowest BCUT2D eigenvalue weighted by atomic mass is 10.1. The minimum Gasteiger partial charge on any atom is -0.389 e. The third kappa shape index (κ3) is 4.99. The quantitative estimate of drug-likeness (QED) is 0.765. The van der Waals surface area contributed by atoms with Crippen molar-refractivity contribution in [2.45, 2.75) is 58.3 Å². The fourth-order valence-corrected chi connectivity index (χ4v) is 3.35. The summed E-state index contributed by atoms with van der Waals surface area (Å²) in [6, 6.07) is 0. The van der Waals surface area contributed by atoms with Gasteiger partial charge in [-0.25, -0.2) is 4.98 Å². The Morgan fingerprint density at radius 2 is 2.27 bits per heavy atom. The SMILES string of the molecule is Cc1nc(C(C)(C)NCC(O)COCC2CCCO2)sc1C. The van der Waals surface area contributed by atoms with Gasteiger partial charge in [0.25, 0.3) is 0 Å². The highest BCUT2D eigenvalue weighted by molar-refractivity contribution is 7.11. The summed E-state index contributed by atoms with van der Waals surface area (Å²) in [4.78, 5) is 5.84. The molecule has 0 amide bonds. The van der Waals surface area contributed by atoms with Gasteiger partial charge in [0, 0.05) is 18.0 Å². The van der Waals surface area contributed by atoms with Gasteiger partial charge in [-0.3, -0.25) is 0 Å². The zero-order valence-electron chi connectivity index (χ0n) is 14.0. The number of aryl methyl sites for hydroxylation is 2. The van der Waals surface area contributed by atoms with Crippen molar-refractivity contribution in [2.24, 2.45) is 0 Å². The minimum atomic E-state index is -0.525. The first-order valence-electron chi connectivity index (χ1n) is 7.95. The summed E-state index contributed by atoms with van der Waals surface area (Å²) >= 11 is 1.70. The van der Waals surface area contributed by atoms with Crippen molar-refractivity contribution in [3.63, 3.8) is 0 Å². The van der Waals surface area contributed by atoms with Crippen molar-refractivity contribution >= 4 is 11.3 Å². The van der Waals surface area contributed by atoms with Gasteiger partial charge in [-0.05, 0) is 40.5 Å². The number of aliphatic hydroxyl groups is 1. The molecule has 2 heterocycles. The van der Waals surface area contributed by atoms with Crippen LogP contribution in [-0.4, -0.2) is 48.7 Å². The zero-order valence-corrected chi connectivity index (χ0v) is 14.8. The highest BCUT2D eigenvalue weighted by Gasteiger charge is 2.25. The maximum Gasteiger partial charge on any atom is 0.113 e. The van der Waals surface area contributed by atoms with Crippen LogP contribution >= 0.6 is 11.3 Å². The van der Waals surface area contributed by atoms with E-state index >= 15 is 0 Å². The second-order valence-electron chi connectivity index (χ2n) is 6.49. The second-order valence-corrected chi connectivity index (χ2v) is 7.70. The fraction of sp³-hybridized carbons (Fsp3) is 0.812. The van der Waals surface area contributed by atoms with Crippen LogP contribution in [0.3, 0.4) is 0 Å². The first kappa shape index (κ1) is 17.8.